The molecule has 6 nitrogen and oxygen atoms in total. The third kappa shape index (κ3) is 6.32. The zero-order valence-corrected chi connectivity index (χ0v) is 15.4. The zero-order chi connectivity index (χ0) is 18.3. The van der Waals surface area contributed by atoms with Crippen molar-refractivity contribution in [2.45, 2.75) is 18.7 Å². The Hall–Kier alpha value is -2.19. The van der Waals surface area contributed by atoms with Gasteiger partial charge in [-0.25, -0.2) is 8.42 Å². The molecule has 2 aromatic rings. The van der Waals surface area contributed by atoms with Crippen LogP contribution in [0.3, 0.4) is 0 Å². The summed E-state index contributed by atoms with van der Waals surface area (Å²) >= 11 is 1.28. The van der Waals surface area contributed by atoms with E-state index in [0.29, 0.717) is 10.4 Å². The quantitative estimate of drug-likeness (QED) is 0.728. The summed E-state index contributed by atoms with van der Waals surface area (Å²) in [6.45, 7) is 1.56. The highest BCUT2D eigenvalue weighted by Crippen LogP contribution is 2.08. The van der Waals surface area contributed by atoms with Gasteiger partial charge in [-0.3, -0.25) is 9.59 Å². The van der Waals surface area contributed by atoms with Crippen molar-refractivity contribution in [2.24, 2.45) is 0 Å². The van der Waals surface area contributed by atoms with Gasteiger partial charge in [0.25, 0.3) is 5.91 Å². The summed E-state index contributed by atoms with van der Waals surface area (Å²) in [6, 6.07) is 11.6. The van der Waals surface area contributed by atoms with Crippen molar-refractivity contribution >= 4 is 33.0 Å². The fourth-order valence-corrected chi connectivity index (χ4v) is 4.01. The fraction of sp³-hybridized carbons (Fsp3) is 0.294. The van der Waals surface area contributed by atoms with Crippen LogP contribution in [0, 0.1) is 0 Å². The van der Waals surface area contributed by atoms with Crippen LogP contribution in [-0.2, 0) is 20.4 Å². The van der Waals surface area contributed by atoms with Crippen LogP contribution in [-0.4, -0.2) is 38.6 Å². The molecule has 1 aromatic carbocycles. The summed E-state index contributed by atoms with van der Waals surface area (Å²) in [6.07, 6.45) is 0. The van der Waals surface area contributed by atoms with Crippen molar-refractivity contribution < 1.29 is 18.0 Å². The average molecular weight is 380 g/mol. The van der Waals surface area contributed by atoms with Gasteiger partial charge in [-0.15, -0.1) is 11.3 Å². The number of benzene rings is 1. The van der Waals surface area contributed by atoms with E-state index in [4.69, 9.17) is 0 Å². The van der Waals surface area contributed by atoms with Crippen LogP contribution in [0.25, 0.3) is 0 Å². The Bertz CT molecular complexity index is 802. The predicted molar refractivity (Wildman–Crippen MR) is 98.2 cm³/mol. The van der Waals surface area contributed by atoms with Crippen molar-refractivity contribution in [2.75, 3.05) is 12.3 Å². The predicted octanol–water partition coefficient (Wildman–Crippen LogP) is 1.60. The number of carbonyl (C=O) groups is 2. The molecular weight excluding hydrogens is 360 g/mol. The number of thiophene rings is 1. The molecule has 0 bridgehead atoms. The van der Waals surface area contributed by atoms with Gasteiger partial charge < -0.3 is 10.6 Å². The Labute approximate surface area is 151 Å². The van der Waals surface area contributed by atoms with E-state index in [1.807, 2.05) is 6.07 Å². The largest absolute Gasteiger partial charge is 0.353 e. The molecule has 0 fully saturated rings. The van der Waals surface area contributed by atoms with E-state index in [9.17, 15) is 18.0 Å². The first-order valence-electron chi connectivity index (χ1n) is 7.74. The van der Waals surface area contributed by atoms with Gasteiger partial charge in [0, 0.05) is 6.54 Å². The second-order valence-electron chi connectivity index (χ2n) is 5.54. The molecule has 8 heteroatoms. The number of rotatable bonds is 8. The standard InChI is InChI=1S/C17H20N2O4S2/c1-13(19-17(21)15-8-5-10-24-15)16(20)18-9-11-25(22,23)12-14-6-3-2-4-7-14/h2-8,10,13H,9,11-12H2,1H3,(H,18,20)(H,19,21)/t13-/m0/s1. The molecular formula is C17H20N2O4S2. The normalized spacial score (nSPS) is 12.4. The minimum Gasteiger partial charge on any atom is -0.353 e. The lowest BCUT2D eigenvalue weighted by atomic mass is 10.2. The Kier molecular flexibility index (Phi) is 6.72. The topological polar surface area (TPSA) is 92.3 Å². The van der Waals surface area contributed by atoms with E-state index in [2.05, 4.69) is 10.6 Å². The molecule has 25 heavy (non-hydrogen) atoms. The van der Waals surface area contributed by atoms with E-state index >= 15 is 0 Å². The molecule has 0 aliphatic carbocycles. The molecule has 2 amide bonds. The summed E-state index contributed by atoms with van der Waals surface area (Å²) in [4.78, 5) is 24.4. The van der Waals surface area contributed by atoms with Crippen LogP contribution in [0.5, 0.6) is 0 Å². The molecule has 0 radical (unpaired) electrons. The molecule has 0 spiro atoms. The SMILES string of the molecule is C[C@H](NC(=O)c1cccs1)C(=O)NCCS(=O)(=O)Cc1ccccc1. The van der Waals surface area contributed by atoms with E-state index in [1.165, 1.54) is 11.3 Å². The zero-order valence-electron chi connectivity index (χ0n) is 13.8. The minimum atomic E-state index is -3.31. The van der Waals surface area contributed by atoms with E-state index in [-0.39, 0.29) is 24.0 Å². The molecule has 0 unspecified atom stereocenters. The second kappa shape index (κ2) is 8.77. The number of sulfone groups is 1. The van der Waals surface area contributed by atoms with E-state index < -0.39 is 21.8 Å². The summed E-state index contributed by atoms with van der Waals surface area (Å²) in [5, 5.41) is 6.90. The van der Waals surface area contributed by atoms with Gasteiger partial charge in [0.05, 0.1) is 16.4 Å². The summed E-state index contributed by atoms with van der Waals surface area (Å²) in [5.74, 6) is -0.956. The highest BCUT2D eigenvalue weighted by Gasteiger charge is 2.18. The van der Waals surface area contributed by atoms with Crippen molar-refractivity contribution in [3.05, 3.63) is 58.3 Å². The van der Waals surface area contributed by atoms with Crippen LogP contribution in [0.1, 0.15) is 22.2 Å². The number of hydrogen-bond donors (Lipinski definition) is 2. The van der Waals surface area contributed by atoms with Crippen molar-refractivity contribution in [1.82, 2.24) is 10.6 Å². The molecule has 0 saturated heterocycles. The van der Waals surface area contributed by atoms with Crippen LogP contribution < -0.4 is 10.6 Å². The van der Waals surface area contributed by atoms with Crippen molar-refractivity contribution in [1.29, 1.82) is 0 Å². The Morgan fingerprint density at radius 2 is 1.84 bits per heavy atom. The number of nitrogens with one attached hydrogen (secondary N) is 2. The summed E-state index contributed by atoms with van der Waals surface area (Å²) in [7, 11) is -3.31. The highest BCUT2D eigenvalue weighted by molar-refractivity contribution is 7.90. The fourth-order valence-electron chi connectivity index (χ4n) is 2.12. The van der Waals surface area contributed by atoms with Crippen molar-refractivity contribution in [3.63, 3.8) is 0 Å². The second-order valence-corrected chi connectivity index (χ2v) is 8.67. The summed E-state index contributed by atoms with van der Waals surface area (Å²) in [5.41, 5.74) is 0.713. The first kappa shape index (κ1) is 19.1. The molecule has 134 valence electrons. The monoisotopic (exact) mass is 380 g/mol. The van der Waals surface area contributed by atoms with Gasteiger partial charge in [0.15, 0.2) is 9.84 Å². The van der Waals surface area contributed by atoms with Crippen LogP contribution in [0.15, 0.2) is 47.8 Å². The van der Waals surface area contributed by atoms with Crippen LogP contribution in [0.4, 0.5) is 0 Å². The third-order valence-corrected chi connectivity index (χ3v) is 5.90. The molecule has 1 heterocycles. The number of hydrogen-bond acceptors (Lipinski definition) is 5. The van der Waals surface area contributed by atoms with Gasteiger partial charge in [-0.2, -0.15) is 0 Å². The first-order valence-corrected chi connectivity index (χ1v) is 10.4. The lowest BCUT2D eigenvalue weighted by Crippen LogP contribution is -2.45. The van der Waals surface area contributed by atoms with Gasteiger partial charge in [-0.1, -0.05) is 36.4 Å². The molecule has 2 rings (SSSR count). The molecule has 0 saturated carbocycles. The molecule has 0 aliphatic heterocycles. The van der Waals surface area contributed by atoms with Gasteiger partial charge in [0.2, 0.25) is 5.91 Å². The number of amides is 2. The first-order chi connectivity index (χ1) is 11.9. The Morgan fingerprint density at radius 3 is 2.48 bits per heavy atom. The van der Waals surface area contributed by atoms with Crippen molar-refractivity contribution in [3.8, 4) is 0 Å². The highest BCUT2D eigenvalue weighted by atomic mass is 32.2. The Morgan fingerprint density at radius 1 is 1.12 bits per heavy atom. The average Bonchev–Trinajstić information content (AvgIpc) is 3.09. The van der Waals surface area contributed by atoms with E-state index in [0.717, 1.165) is 0 Å². The van der Waals surface area contributed by atoms with Crippen LogP contribution >= 0.6 is 11.3 Å². The molecule has 1 atom stereocenters. The van der Waals surface area contributed by atoms with E-state index in [1.54, 1.807) is 48.7 Å². The molecule has 2 N–H and O–H groups in total. The maximum absolute atomic E-state index is 12.1. The maximum atomic E-state index is 12.1. The van der Waals surface area contributed by atoms with Crippen LogP contribution in [0.2, 0.25) is 0 Å². The lowest BCUT2D eigenvalue weighted by molar-refractivity contribution is -0.122. The third-order valence-electron chi connectivity index (χ3n) is 3.43. The molecule has 1 aromatic heterocycles. The molecule has 0 aliphatic rings. The van der Waals surface area contributed by atoms with Gasteiger partial charge in [0.1, 0.15) is 6.04 Å². The Balaban J connectivity index is 1.76. The van der Waals surface area contributed by atoms with Gasteiger partial charge >= 0.3 is 0 Å². The van der Waals surface area contributed by atoms with Gasteiger partial charge in [-0.05, 0) is 23.9 Å². The lowest BCUT2D eigenvalue weighted by Gasteiger charge is -2.13. The maximum Gasteiger partial charge on any atom is 0.261 e. The number of carbonyl (C=O) groups excluding carboxylic acids is 2. The summed E-state index contributed by atoms with van der Waals surface area (Å²) < 4.78 is 24.1. The minimum absolute atomic E-state index is 0.00716. The smallest absolute Gasteiger partial charge is 0.261 e.